The van der Waals surface area contributed by atoms with Crippen LogP contribution >= 0.6 is 27.5 Å². The van der Waals surface area contributed by atoms with Gasteiger partial charge in [-0.3, -0.25) is 0 Å². The van der Waals surface area contributed by atoms with E-state index in [1.165, 1.54) is 11.1 Å². The summed E-state index contributed by atoms with van der Waals surface area (Å²) < 4.78 is 6.80. The van der Waals surface area contributed by atoms with E-state index in [4.69, 9.17) is 16.3 Å². The van der Waals surface area contributed by atoms with Crippen molar-refractivity contribution in [3.8, 4) is 5.75 Å². The molecule has 0 aliphatic rings. The Labute approximate surface area is 139 Å². The lowest BCUT2D eigenvalue weighted by Gasteiger charge is -2.12. The van der Waals surface area contributed by atoms with Crippen molar-refractivity contribution in [3.63, 3.8) is 0 Å². The highest BCUT2D eigenvalue weighted by Crippen LogP contribution is 2.28. The minimum atomic E-state index is 0.531. The van der Waals surface area contributed by atoms with Gasteiger partial charge in [0.1, 0.15) is 12.4 Å². The molecule has 21 heavy (non-hydrogen) atoms. The predicted octanol–water partition coefficient (Wildman–Crippen LogP) is 4.83. The highest BCUT2D eigenvalue weighted by atomic mass is 79.9. The van der Waals surface area contributed by atoms with Crippen LogP contribution in [0.1, 0.15) is 18.1 Å². The third kappa shape index (κ3) is 5.03. The van der Waals surface area contributed by atoms with Gasteiger partial charge in [-0.05, 0) is 48.8 Å². The van der Waals surface area contributed by atoms with Crippen LogP contribution in [0.2, 0.25) is 5.02 Å². The van der Waals surface area contributed by atoms with Crippen LogP contribution in [0.25, 0.3) is 0 Å². The quantitative estimate of drug-likeness (QED) is 0.707. The first-order valence-corrected chi connectivity index (χ1v) is 8.23. The average Bonchev–Trinajstić information content (AvgIpc) is 2.48. The Morgan fingerprint density at radius 3 is 2.62 bits per heavy atom. The van der Waals surface area contributed by atoms with Gasteiger partial charge in [0.15, 0.2) is 0 Å². The van der Waals surface area contributed by atoms with Crippen LogP contribution in [0.4, 0.5) is 0 Å². The summed E-state index contributed by atoms with van der Waals surface area (Å²) in [7, 11) is 0. The Kier molecular flexibility index (Phi) is 6.55. The predicted molar refractivity (Wildman–Crippen MR) is 92.2 cm³/mol. The molecule has 0 atom stereocenters. The first-order valence-electron chi connectivity index (χ1n) is 7.06. The number of nitrogens with one attached hydrogen (secondary N) is 1. The molecule has 0 bridgehead atoms. The van der Waals surface area contributed by atoms with E-state index < -0.39 is 0 Å². The molecule has 0 aliphatic heterocycles. The third-order valence-electron chi connectivity index (χ3n) is 3.22. The van der Waals surface area contributed by atoms with Gasteiger partial charge in [-0.25, -0.2) is 0 Å². The molecular formula is C17H19BrClNO. The summed E-state index contributed by atoms with van der Waals surface area (Å²) in [5, 5.41) is 3.97. The van der Waals surface area contributed by atoms with E-state index in [9.17, 15) is 0 Å². The zero-order chi connectivity index (χ0) is 15.1. The van der Waals surface area contributed by atoms with Crippen molar-refractivity contribution in [3.05, 3.63) is 63.1 Å². The van der Waals surface area contributed by atoms with Gasteiger partial charge >= 0.3 is 0 Å². The van der Waals surface area contributed by atoms with Crippen molar-refractivity contribution in [1.82, 2.24) is 5.32 Å². The highest BCUT2D eigenvalue weighted by Gasteiger charge is 2.05. The van der Waals surface area contributed by atoms with Crippen LogP contribution in [-0.4, -0.2) is 13.1 Å². The number of rotatable bonds is 7. The van der Waals surface area contributed by atoms with Crippen LogP contribution in [0.3, 0.4) is 0 Å². The van der Waals surface area contributed by atoms with Crippen molar-refractivity contribution >= 4 is 27.5 Å². The summed E-state index contributed by atoms with van der Waals surface area (Å²) in [5.41, 5.74) is 2.51. The molecule has 0 unspecified atom stereocenters. The molecule has 0 aromatic heterocycles. The van der Waals surface area contributed by atoms with E-state index in [0.717, 1.165) is 24.0 Å². The van der Waals surface area contributed by atoms with Crippen molar-refractivity contribution in [1.29, 1.82) is 0 Å². The average molecular weight is 369 g/mol. The van der Waals surface area contributed by atoms with Crippen molar-refractivity contribution < 1.29 is 4.74 Å². The normalized spacial score (nSPS) is 10.6. The second-order valence-corrected chi connectivity index (χ2v) is 6.06. The standard InChI is InChI=1S/C17H19BrClNO/c1-2-20-10-9-13-5-3-4-6-14(13)12-21-17-8-7-15(18)11-16(17)19/h3-8,11,20H,2,9-10,12H2,1H3. The molecule has 112 valence electrons. The molecule has 0 heterocycles. The Bertz CT molecular complexity index is 589. The van der Waals surface area contributed by atoms with Crippen molar-refractivity contribution in [2.24, 2.45) is 0 Å². The molecule has 0 saturated carbocycles. The minimum absolute atomic E-state index is 0.531. The van der Waals surface area contributed by atoms with Crippen LogP contribution in [-0.2, 0) is 13.0 Å². The Morgan fingerprint density at radius 1 is 1.14 bits per heavy atom. The molecule has 0 saturated heterocycles. The van der Waals surface area contributed by atoms with Gasteiger partial charge < -0.3 is 10.1 Å². The second-order valence-electron chi connectivity index (χ2n) is 4.74. The summed E-state index contributed by atoms with van der Waals surface area (Å²) in [5.74, 6) is 0.710. The van der Waals surface area contributed by atoms with Crippen LogP contribution in [0, 0.1) is 0 Å². The van der Waals surface area contributed by atoms with E-state index in [0.29, 0.717) is 17.4 Å². The van der Waals surface area contributed by atoms with Crippen LogP contribution in [0.5, 0.6) is 5.75 Å². The van der Waals surface area contributed by atoms with E-state index >= 15 is 0 Å². The monoisotopic (exact) mass is 367 g/mol. The minimum Gasteiger partial charge on any atom is -0.487 e. The number of benzene rings is 2. The molecule has 0 amide bonds. The molecule has 0 radical (unpaired) electrons. The zero-order valence-electron chi connectivity index (χ0n) is 12.0. The fraction of sp³-hybridized carbons (Fsp3) is 0.294. The molecule has 2 rings (SSSR count). The van der Waals surface area contributed by atoms with E-state index in [1.54, 1.807) is 0 Å². The lowest BCUT2D eigenvalue weighted by Crippen LogP contribution is -2.17. The Morgan fingerprint density at radius 2 is 1.90 bits per heavy atom. The topological polar surface area (TPSA) is 21.3 Å². The number of ether oxygens (including phenoxy) is 1. The van der Waals surface area contributed by atoms with Gasteiger partial charge in [0.05, 0.1) is 5.02 Å². The Balaban J connectivity index is 2.02. The van der Waals surface area contributed by atoms with Gasteiger partial charge in [0.2, 0.25) is 0 Å². The maximum Gasteiger partial charge on any atom is 0.138 e. The number of likely N-dealkylation sites (N-methyl/N-ethyl adjacent to an activating group) is 1. The smallest absolute Gasteiger partial charge is 0.138 e. The molecule has 2 aromatic rings. The summed E-state index contributed by atoms with van der Waals surface area (Å²) in [4.78, 5) is 0. The zero-order valence-corrected chi connectivity index (χ0v) is 14.4. The van der Waals surface area contributed by atoms with E-state index in [-0.39, 0.29) is 0 Å². The van der Waals surface area contributed by atoms with Crippen LogP contribution in [0.15, 0.2) is 46.9 Å². The van der Waals surface area contributed by atoms with E-state index in [1.807, 2.05) is 24.3 Å². The van der Waals surface area contributed by atoms with E-state index in [2.05, 4.69) is 46.4 Å². The summed E-state index contributed by atoms with van der Waals surface area (Å²) in [6, 6.07) is 14.0. The molecule has 0 spiro atoms. The lowest BCUT2D eigenvalue weighted by atomic mass is 10.1. The maximum absolute atomic E-state index is 6.17. The molecule has 4 heteroatoms. The largest absolute Gasteiger partial charge is 0.487 e. The number of hydrogen-bond donors (Lipinski definition) is 1. The number of halogens is 2. The molecule has 1 N–H and O–H groups in total. The van der Waals surface area contributed by atoms with Gasteiger partial charge in [-0.2, -0.15) is 0 Å². The maximum atomic E-state index is 6.17. The SMILES string of the molecule is CCNCCc1ccccc1COc1ccc(Br)cc1Cl. The molecule has 0 aliphatic carbocycles. The Hall–Kier alpha value is -1.03. The van der Waals surface area contributed by atoms with Gasteiger partial charge in [-0.15, -0.1) is 0 Å². The van der Waals surface area contributed by atoms with Gasteiger partial charge in [0.25, 0.3) is 0 Å². The fourth-order valence-electron chi connectivity index (χ4n) is 2.09. The first kappa shape index (κ1) is 16.3. The fourth-order valence-corrected chi connectivity index (χ4v) is 2.82. The molecule has 0 fully saturated rings. The lowest BCUT2D eigenvalue weighted by molar-refractivity contribution is 0.305. The summed E-state index contributed by atoms with van der Waals surface area (Å²) in [6.45, 7) is 4.62. The third-order valence-corrected chi connectivity index (χ3v) is 4.01. The summed E-state index contributed by atoms with van der Waals surface area (Å²) in [6.07, 6.45) is 1.00. The number of hydrogen-bond acceptors (Lipinski definition) is 2. The molecule has 2 nitrogen and oxygen atoms in total. The second kappa shape index (κ2) is 8.42. The molecule has 2 aromatic carbocycles. The van der Waals surface area contributed by atoms with Gasteiger partial charge in [-0.1, -0.05) is 58.7 Å². The highest BCUT2D eigenvalue weighted by molar-refractivity contribution is 9.10. The van der Waals surface area contributed by atoms with Gasteiger partial charge in [0, 0.05) is 4.47 Å². The molecular weight excluding hydrogens is 350 g/mol. The summed E-state index contributed by atoms with van der Waals surface area (Å²) >= 11 is 9.57. The van der Waals surface area contributed by atoms with Crippen molar-refractivity contribution in [2.75, 3.05) is 13.1 Å². The van der Waals surface area contributed by atoms with Crippen molar-refractivity contribution in [2.45, 2.75) is 20.0 Å². The first-order chi connectivity index (χ1) is 10.2. The van der Waals surface area contributed by atoms with Crippen LogP contribution < -0.4 is 10.1 Å².